The predicted molar refractivity (Wildman–Crippen MR) is 101 cm³/mol. The number of imidazole rings is 1. The molecule has 6 nitrogen and oxygen atoms in total. The summed E-state index contributed by atoms with van der Waals surface area (Å²) in [5, 5.41) is 0.273. The van der Waals surface area contributed by atoms with E-state index in [9.17, 15) is 14.3 Å². The molecule has 0 saturated heterocycles. The molecule has 1 unspecified atom stereocenters. The average Bonchev–Trinajstić information content (AvgIpc) is 3.03. The Morgan fingerprint density at radius 2 is 1.92 bits per heavy atom. The number of Topliss-reactive ketones (excluding diaryl/α,β-unsaturated/α-hetero) is 1. The highest BCUT2D eigenvalue weighted by molar-refractivity contribution is 7.61. The first-order valence-electron chi connectivity index (χ1n) is 8.49. The molecule has 7 heteroatoms. The minimum atomic E-state index is -3.75. The molecule has 1 atom stereocenters. The lowest BCUT2D eigenvalue weighted by atomic mass is 10.1. The van der Waals surface area contributed by atoms with Gasteiger partial charge in [-0.3, -0.25) is 9.36 Å². The third-order valence-corrected chi connectivity index (χ3v) is 5.74. The number of ketones is 1. The molecule has 0 aliphatic heterocycles. The lowest BCUT2D eigenvalue weighted by Crippen LogP contribution is -2.08. The molecule has 26 heavy (non-hydrogen) atoms. The molecule has 0 saturated carbocycles. The summed E-state index contributed by atoms with van der Waals surface area (Å²) < 4.78 is 18.9. The van der Waals surface area contributed by atoms with Crippen molar-refractivity contribution in [2.75, 3.05) is 6.61 Å². The third-order valence-electron chi connectivity index (χ3n) is 4.18. The zero-order valence-electron chi connectivity index (χ0n) is 14.8. The second-order valence-corrected chi connectivity index (χ2v) is 7.77. The highest BCUT2D eigenvalue weighted by Gasteiger charge is 2.21. The Hall–Kier alpha value is -2.27. The molecule has 1 aromatic heterocycles. The van der Waals surface area contributed by atoms with Gasteiger partial charge < -0.3 is 14.0 Å². The maximum absolute atomic E-state index is 12.0. The van der Waals surface area contributed by atoms with Crippen LogP contribution in [0.5, 0.6) is 0 Å². The van der Waals surface area contributed by atoms with Crippen molar-refractivity contribution >= 4 is 29.7 Å². The van der Waals surface area contributed by atoms with Crippen molar-refractivity contribution in [3.05, 3.63) is 59.9 Å². The average molecular weight is 372 g/mol. The van der Waals surface area contributed by atoms with Crippen molar-refractivity contribution < 1.29 is 18.8 Å². The summed E-state index contributed by atoms with van der Waals surface area (Å²) in [7, 11) is -3.75. The maximum Gasteiger partial charge on any atom is 0.358 e. The summed E-state index contributed by atoms with van der Waals surface area (Å²) in [6.07, 6.45) is 2.19. The van der Waals surface area contributed by atoms with Crippen LogP contribution < -0.4 is 5.30 Å². The lowest BCUT2D eigenvalue weighted by molar-refractivity contribution is 0.0988. The Bertz CT molecular complexity index is 979. The molecule has 0 spiro atoms. The van der Waals surface area contributed by atoms with Gasteiger partial charge in [0.2, 0.25) is 0 Å². The Morgan fingerprint density at radius 3 is 2.58 bits per heavy atom. The first kappa shape index (κ1) is 18.5. The Morgan fingerprint density at radius 1 is 1.19 bits per heavy atom. The number of benzene rings is 2. The summed E-state index contributed by atoms with van der Waals surface area (Å²) in [5.74, 6) is 0.0959. The number of carbonyl (C=O) groups excluding carboxylic acids is 1. The smallest absolute Gasteiger partial charge is 0.326 e. The van der Waals surface area contributed by atoms with Crippen LogP contribution in [0, 0.1) is 0 Å². The van der Waals surface area contributed by atoms with Gasteiger partial charge in [-0.15, -0.1) is 0 Å². The van der Waals surface area contributed by atoms with E-state index in [1.54, 1.807) is 43.6 Å². The van der Waals surface area contributed by atoms with E-state index >= 15 is 0 Å². The van der Waals surface area contributed by atoms with Crippen molar-refractivity contribution in [2.45, 2.75) is 26.8 Å². The molecule has 0 aliphatic carbocycles. The number of fused-ring (bicyclic) bond motifs is 1. The molecule has 1 heterocycles. The second kappa shape index (κ2) is 7.54. The number of hydrogen-bond donors (Lipinski definition) is 1. The van der Waals surface area contributed by atoms with Gasteiger partial charge in [0.1, 0.15) is 0 Å². The third kappa shape index (κ3) is 3.78. The van der Waals surface area contributed by atoms with Crippen molar-refractivity contribution in [3.63, 3.8) is 0 Å². The molecule has 1 N–H and O–H groups in total. The van der Waals surface area contributed by atoms with Gasteiger partial charge in [0.25, 0.3) is 0 Å². The van der Waals surface area contributed by atoms with Crippen LogP contribution in [-0.4, -0.2) is 26.8 Å². The number of carbonyl (C=O) groups is 1. The summed E-state index contributed by atoms with van der Waals surface area (Å²) in [5.41, 5.74) is 3.34. The van der Waals surface area contributed by atoms with E-state index < -0.39 is 7.60 Å². The van der Waals surface area contributed by atoms with E-state index in [-0.39, 0.29) is 17.7 Å². The van der Waals surface area contributed by atoms with Crippen LogP contribution in [0.2, 0.25) is 0 Å². The van der Waals surface area contributed by atoms with Gasteiger partial charge in [-0.05, 0) is 42.8 Å². The van der Waals surface area contributed by atoms with Gasteiger partial charge >= 0.3 is 7.60 Å². The lowest BCUT2D eigenvalue weighted by Gasteiger charge is -2.11. The molecule has 136 valence electrons. The van der Waals surface area contributed by atoms with Crippen molar-refractivity contribution in [1.29, 1.82) is 0 Å². The molecule has 3 rings (SSSR count). The van der Waals surface area contributed by atoms with E-state index in [1.807, 2.05) is 23.6 Å². The van der Waals surface area contributed by atoms with Gasteiger partial charge in [0.05, 0.1) is 29.3 Å². The fourth-order valence-electron chi connectivity index (χ4n) is 2.80. The quantitative estimate of drug-likeness (QED) is 0.507. The highest BCUT2D eigenvalue weighted by atomic mass is 31.2. The van der Waals surface area contributed by atoms with Gasteiger partial charge in [0.15, 0.2) is 5.78 Å². The van der Waals surface area contributed by atoms with Crippen molar-refractivity contribution in [1.82, 2.24) is 9.55 Å². The number of rotatable bonds is 7. The van der Waals surface area contributed by atoms with Crippen LogP contribution in [0.1, 0.15) is 36.2 Å². The summed E-state index contributed by atoms with van der Waals surface area (Å²) in [6, 6.07) is 12.3. The van der Waals surface area contributed by atoms with E-state index in [1.165, 1.54) is 0 Å². The van der Waals surface area contributed by atoms with Crippen LogP contribution in [0.3, 0.4) is 0 Å². The van der Waals surface area contributed by atoms with Crippen LogP contribution in [-0.2, 0) is 15.6 Å². The van der Waals surface area contributed by atoms with Crippen LogP contribution in [0.25, 0.3) is 11.0 Å². The fourth-order valence-corrected chi connectivity index (χ4v) is 3.82. The standard InChI is InChI=1S/C19H21N2O4P/c1-3-19(22)15-7-10-17-18(11-15)21(13-20-17)12-14-5-8-16(9-6-14)26(23,24)25-4-2/h5-11,13H,3-4,12H2,1-2H3,(H,23,24). The molecule has 0 bridgehead atoms. The summed E-state index contributed by atoms with van der Waals surface area (Å²) in [6.45, 7) is 4.24. The van der Waals surface area contributed by atoms with Gasteiger partial charge in [-0.1, -0.05) is 19.1 Å². The SMILES string of the molecule is CCOP(=O)(O)c1ccc(Cn2cnc3ccc(C(=O)CC)cc32)cc1. The van der Waals surface area contributed by atoms with Gasteiger partial charge in [-0.2, -0.15) is 0 Å². The highest BCUT2D eigenvalue weighted by Crippen LogP contribution is 2.40. The largest absolute Gasteiger partial charge is 0.358 e. The Kier molecular flexibility index (Phi) is 5.37. The number of hydrogen-bond acceptors (Lipinski definition) is 4. The summed E-state index contributed by atoms with van der Waals surface area (Å²) in [4.78, 5) is 26.2. The predicted octanol–water partition coefficient (Wildman–Crippen LogP) is 3.52. The van der Waals surface area contributed by atoms with Crippen LogP contribution in [0.4, 0.5) is 0 Å². The molecule has 0 radical (unpaired) electrons. The van der Waals surface area contributed by atoms with Crippen molar-refractivity contribution in [2.24, 2.45) is 0 Å². The number of nitrogens with zero attached hydrogens (tertiary/aromatic N) is 2. The van der Waals surface area contributed by atoms with E-state index in [0.29, 0.717) is 18.5 Å². The molecule has 0 fully saturated rings. The minimum Gasteiger partial charge on any atom is -0.326 e. The topological polar surface area (TPSA) is 81.4 Å². The van der Waals surface area contributed by atoms with Gasteiger partial charge in [-0.25, -0.2) is 4.98 Å². The van der Waals surface area contributed by atoms with Crippen LogP contribution in [0.15, 0.2) is 48.8 Å². The zero-order chi connectivity index (χ0) is 18.7. The van der Waals surface area contributed by atoms with E-state index in [2.05, 4.69) is 4.98 Å². The first-order chi connectivity index (χ1) is 12.4. The number of aromatic nitrogens is 2. The molecule has 2 aromatic carbocycles. The normalized spacial score (nSPS) is 13.7. The van der Waals surface area contributed by atoms with Crippen LogP contribution >= 0.6 is 7.60 Å². The zero-order valence-corrected chi connectivity index (χ0v) is 15.6. The molecule has 3 aromatic rings. The molecule has 0 aliphatic rings. The fraction of sp³-hybridized carbons (Fsp3) is 0.263. The molecule has 0 amide bonds. The monoisotopic (exact) mass is 372 g/mol. The maximum atomic E-state index is 12.0. The van der Waals surface area contributed by atoms with Gasteiger partial charge in [0, 0.05) is 18.5 Å². The van der Waals surface area contributed by atoms with E-state index in [0.717, 1.165) is 16.6 Å². The van der Waals surface area contributed by atoms with Crippen molar-refractivity contribution in [3.8, 4) is 0 Å². The summed E-state index contributed by atoms with van der Waals surface area (Å²) >= 11 is 0. The Labute approximate surface area is 152 Å². The second-order valence-electron chi connectivity index (χ2n) is 5.96. The first-order valence-corrected chi connectivity index (χ1v) is 10.1. The molecular weight excluding hydrogens is 351 g/mol. The minimum absolute atomic E-state index is 0.0959. The molecular formula is C19H21N2O4P. The Balaban J connectivity index is 1.87. The van der Waals surface area contributed by atoms with E-state index in [4.69, 9.17) is 4.52 Å².